The third-order valence-electron chi connectivity index (χ3n) is 4.85. The predicted molar refractivity (Wildman–Crippen MR) is 106 cm³/mol. The SMILES string of the molecule is Cc1cc(C)cc(C(=O)N2CCC(=O)C[C@@H]2[C@@H](O)c2ccc(Cl)c(Cl)c2)c1. The maximum absolute atomic E-state index is 13.1. The number of hydrogen-bond acceptors (Lipinski definition) is 3. The van der Waals surface area contributed by atoms with E-state index in [4.69, 9.17) is 23.2 Å². The first kappa shape index (κ1) is 19.9. The zero-order chi connectivity index (χ0) is 19.7. The standard InChI is InChI=1S/C21H21Cl2NO3/c1-12-7-13(2)9-15(8-12)21(27)24-6-5-16(25)11-19(24)20(26)14-3-4-17(22)18(23)10-14/h3-4,7-10,19-20,26H,5-6,11H2,1-2H3/t19-,20+/m1/s1. The molecule has 0 aliphatic carbocycles. The molecule has 2 aromatic carbocycles. The minimum atomic E-state index is -1.03. The molecule has 0 aromatic heterocycles. The van der Waals surface area contributed by atoms with Crippen molar-refractivity contribution in [3.63, 3.8) is 0 Å². The molecule has 1 aliphatic heterocycles. The van der Waals surface area contributed by atoms with Gasteiger partial charge in [0.15, 0.2) is 0 Å². The van der Waals surface area contributed by atoms with Crippen molar-refractivity contribution in [1.82, 2.24) is 4.90 Å². The maximum atomic E-state index is 13.1. The summed E-state index contributed by atoms with van der Waals surface area (Å²) in [6.45, 7) is 4.16. The van der Waals surface area contributed by atoms with Crippen molar-refractivity contribution >= 4 is 34.9 Å². The Bertz CT molecular complexity index is 877. The highest BCUT2D eigenvalue weighted by molar-refractivity contribution is 6.42. The van der Waals surface area contributed by atoms with Crippen LogP contribution in [-0.2, 0) is 4.79 Å². The van der Waals surface area contributed by atoms with Gasteiger partial charge in [-0.05, 0) is 43.7 Å². The second-order valence-corrected chi connectivity index (χ2v) is 7.87. The molecule has 27 heavy (non-hydrogen) atoms. The van der Waals surface area contributed by atoms with Crippen LogP contribution in [0.25, 0.3) is 0 Å². The first-order valence-electron chi connectivity index (χ1n) is 8.80. The Hall–Kier alpha value is -1.88. The van der Waals surface area contributed by atoms with E-state index in [0.717, 1.165) is 11.1 Å². The monoisotopic (exact) mass is 405 g/mol. The zero-order valence-electron chi connectivity index (χ0n) is 15.2. The molecule has 0 spiro atoms. The Balaban J connectivity index is 1.93. The summed E-state index contributed by atoms with van der Waals surface area (Å²) in [5.74, 6) is -0.151. The van der Waals surface area contributed by atoms with Crippen LogP contribution in [0.2, 0.25) is 10.0 Å². The van der Waals surface area contributed by atoms with E-state index in [-0.39, 0.29) is 24.7 Å². The normalized spacial score (nSPS) is 18.5. The number of Topliss-reactive ketones (excluding diaryl/α,β-unsaturated/α-hetero) is 1. The van der Waals surface area contributed by atoms with E-state index in [0.29, 0.717) is 27.6 Å². The van der Waals surface area contributed by atoms with Crippen molar-refractivity contribution in [3.05, 3.63) is 68.7 Å². The average molecular weight is 406 g/mol. The van der Waals surface area contributed by atoms with E-state index in [1.165, 1.54) is 0 Å². The molecule has 1 aliphatic rings. The summed E-state index contributed by atoms with van der Waals surface area (Å²) in [5.41, 5.74) is 3.08. The average Bonchev–Trinajstić information content (AvgIpc) is 2.62. The topological polar surface area (TPSA) is 57.6 Å². The van der Waals surface area contributed by atoms with Gasteiger partial charge in [0, 0.05) is 24.9 Å². The van der Waals surface area contributed by atoms with Crippen molar-refractivity contribution in [2.75, 3.05) is 6.54 Å². The van der Waals surface area contributed by atoms with Gasteiger partial charge in [0.05, 0.1) is 22.2 Å². The highest BCUT2D eigenvalue weighted by Crippen LogP contribution is 2.32. The lowest BCUT2D eigenvalue weighted by Crippen LogP contribution is -2.49. The predicted octanol–water partition coefficient (Wildman–Crippen LogP) is 4.52. The van der Waals surface area contributed by atoms with Gasteiger partial charge >= 0.3 is 0 Å². The largest absolute Gasteiger partial charge is 0.386 e. The molecule has 0 unspecified atom stereocenters. The van der Waals surface area contributed by atoms with Crippen molar-refractivity contribution < 1.29 is 14.7 Å². The number of rotatable bonds is 3. The first-order valence-corrected chi connectivity index (χ1v) is 9.56. The second kappa shape index (κ2) is 8.01. The lowest BCUT2D eigenvalue weighted by atomic mass is 9.91. The molecule has 2 aromatic rings. The summed E-state index contributed by atoms with van der Waals surface area (Å²) in [4.78, 5) is 26.8. The minimum absolute atomic E-state index is 0.0311. The van der Waals surface area contributed by atoms with Gasteiger partial charge in [-0.3, -0.25) is 9.59 Å². The van der Waals surface area contributed by atoms with Crippen molar-refractivity contribution in [3.8, 4) is 0 Å². The number of hydrogen-bond donors (Lipinski definition) is 1. The fourth-order valence-corrected chi connectivity index (χ4v) is 3.88. The lowest BCUT2D eigenvalue weighted by Gasteiger charge is -2.38. The number of carbonyl (C=O) groups is 2. The second-order valence-electron chi connectivity index (χ2n) is 7.05. The summed E-state index contributed by atoms with van der Waals surface area (Å²) < 4.78 is 0. The van der Waals surface area contributed by atoms with E-state index >= 15 is 0 Å². The summed E-state index contributed by atoms with van der Waals surface area (Å²) >= 11 is 12.0. The number of likely N-dealkylation sites (tertiary alicyclic amines) is 1. The van der Waals surface area contributed by atoms with E-state index in [1.807, 2.05) is 32.0 Å². The number of aliphatic hydroxyl groups excluding tert-OH is 1. The Kier molecular flexibility index (Phi) is 5.89. The molecule has 2 atom stereocenters. The Morgan fingerprint density at radius 1 is 1.11 bits per heavy atom. The van der Waals surface area contributed by atoms with Crippen LogP contribution in [0.1, 0.15) is 46.0 Å². The Morgan fingerprint density at radius 3 is 2.41 bits per heavy atom. The third-order valence-corrected chi connectivity index (χ3v) is 5.59. The summed E-state index contributed by atoms with van der Waals surface area (Å²) in [6.07, 6.45) is -0.627. The summed E-state index contributed by atoms with van der Waals surface area (Å²) in [5, 5.41) is 11.6. The summed E-state index contributed by atoms with van der Waals surface area (Å²) in [7, 11) is 0. The highest BCUT2D eigenvalue weighted by Gasteiger charge is 2.36. The Morgan fingerprint density at radius 2 is 1.78 bits per heavy atom. The first-order chi connectivity index (χ1) is 12.8. The van der Waals surface area contributed by atoms with E-state index < -0.39 is 12.1 Å². The van der Waals surface area contributed by atoms with Gasteiger partial charge in [-0.15, -0.1) is 0 Å². The molecule has 0 bridgehead atoms. The molecule has 1 saturated heterocycles. The highest BCUT2D eigenvalue weighted by atomic mass is 35.5. The molecule has 0 radical (unpaired) electrons. The van der Waals surface area contributed by atoms with Crippen molar-refractivity contribution in [1.29, 1.82) is 0 Å². The smallest absolute Gasteiger partial charge is 0.254 e. The van der Waals surface area contributed by atoms with Crippen LogP contribution in [0.4, 0.5) is 0 Å². The van der Waals surface area contributed by atoms with Gasteiger partial charge < -0.3 is 10.0 Å². The number of nitrogens with zero attached hydrogens (tertiary/aromatic N) is 1. The number of aliphatic hydroxyl groups is 1. The van der Waals surface area contributed by atoms with Crippen LogP contribution in [-0.4, -0.2) is 34.3 Å². The van der Waals surface area contributed by atoms with Crippen LogP contribution < -0.4 is 0 Å². The van der Waals surface area contributed by atoms with Gasteiger partial charge in [0.1, 0.15) is 5.78 Å². The fourth-order valence-electron chi connectivity index (χ4n) is 3.57. The molecule has 6 heteroatoms. The van der Waals surface area contributed by atoms with Crippen molar-refractivity contribution in [2.24, 2.45) is 0 Å². The minimum Gasteiger partial charge on any atom is -0.386 e. The quantitative estimate of drug-likeness (QED) is 0.816. The molecule has 3 rings (SSSR count). The zero-order valence-corrected chi connectivity index (χ0v) is 16.7. The number of carbonyl (C=O) groups excluding carboxylic acids is 2. The fraction of sp³-hybridized carbons (Fsp3) is 0.333. The van der Waals surface area contributed by atoms with Gasteiger partial charge in [-0.2, -0.15) is 0 Å². The molecule has 0 saturated carbocycles. The van der Waals surface area contributed by atoms with Crippen molar-refractivity contribution in [2.45, 2.75) is 38.8 Å². The number of piperidine rings is 1. The van der Waals surface area contributed by atoms with Gasteiger partial charge in [-0.1, -0.05) is 46.5 Å². The molecule has 1 fully saturated rings. The Labute approximate surface area is 168 Å². The van der Waals surface area contributed by atoms with E-state index in [9.17, 15) is 14.7 Å². The number of halogens is 2. The molecule has 1 amide bonds. The maximum Gasteiger partial charge on any atom is 0.254 e. The number of amides is 1. The molecule has 1 N–H and O–H groups in total. The van der Waals surface area contributed by atoms with Crippen LogP contribution >= 0.6 is 23.2 Å². The van der Waals surface area contributed by atoms with Crippen LogP contribution in [0.3, 0.4) is 0 Å². The molecule has 1 heterocycles. The molecule has 142 valence electrons. The van der Waals surface area contributed by atoms with Crippen LogP contribution in [0.15, 0.2) is 36.4 Å². The van der Waals surface area contributed by atoms with Crippen LogP contribution in [0.5, 0.6) is 0 Å². The van der Waals surface area contributed by atoms with Gasteiger partial charge in [0.25, 0.3) is 5.91 Å². The van der Waals surface area contributed by atoms with Crippen LogP contribution in [0, 0.1) is 13.8 Å². The molecular formula is C21H21Cl2NO3. The van der Waals surface area contributed by atoms with Gasteiger partial charge in [-0.25, -0.2) is 0 Å². The molecular weight excluding hydrogens is 385 g/mol. The molecule has 4 nitrogen and oxygen atoms in total. The number of benzene rings is 2. The third kappa shape index (κ3) is 4.34. The summed E-state index contributed by atoms with van der Waals surface area (Å²) in [6, 6.07) is 9.85. The van der Waals surface area contributed by atoms with Gasteiger partial charge in [0.2, 0.25) is 0 Å². The lowest BCUT2D eigenvalue weighted by molar-refractivity contribution is -0.124. The van der Waals surface area contributed by atoms with E-state index in [2.05, 4.69) is 0 Å². The number of aryl methyl sites for hydroxylation is 2. The van der Waals surface area contributed by atoms with E-state index in [1.54, 1.807) is 23.1 Å². The number of ketones is 1.